The topological polar surface area (TPSA) is 73.1 Å². The number of aromatic nitrogens is 2. The number of nitrogens with one attached hydrogen (secondary N) is 1. The van der Waals surface area contributed by atoms with Gasteiger partial charge in [0.15, 0.2) is 0 Å². The lowest BCUT2D eigenvalue weighted by atomic mass is 10.1. The van der Waals surface area contributed by atoms with Crippen molar-refractivity contribution in [2.75, 3.05) is 6.54 Å². The highest BCUT2D eigenvalue weighted by atomic mass is 16.2. The monoisotopic (exact) mass is 337 g/mol. The standard InChI is InChI=1S/C19H19N3O3/c1-3-20-17(23)14-10-8-13(9-11-14)12-22-16-7-5-4-6-15(16)21(2)18(24)19(22)25/h4-11H,3,12H2,1-2H3,(H,20,23). The van der Waals surface area contributed by atoms with Crippen LogP contribution >= 0.6 is 0 Å². The summed E-state index contributed by atoms with van der Waals surface area (Å²) in [6.07, 6.45) is 0. The molecule has 0 spiro atoms. The number of carbonyl (C=O) groups is 1. The highest BCUT2D eigenvalue weighted by molar-refractivity contribution is 5.94. The van der Waals surface area contributed by atoms with Crippen molar-refractivity contribution >= 4 is 16.9 Å². The highest BCUT2D eigenvalue weighted by Gasteiger charge is 2.11. The van der Waals surface area contributed by atoms with Gasteiger partial charge in [0.1, 0.15) is 0 Å². The largest absolute Gasteiger partial charge is 0.352 e. The van der Waals surface area contributed by atoms with E-state index in [4.69, 9.17) is 0 Å². The summed E-state index contributed by atoms with van der Waals surface area (Å²) < 4.78 is 2.84. The van der Waals surface area contributed by atoms with E-state index < -0.39 is 11.1 Å². The zero-order valence-electron chi connectivity index (χ0n) is 14.2. The molecule has 0 atom stereocenters. The Labute approximate surface area is 144 Å². The van der Waals surface area contributed by atoms with Crippen molar-refractivity contribution in [3.05, 3.63) is 80.4 Å². The molecule has 128 valence electrons. The Morgan fingerprint density at radius 1 is 0.960 bits per heavy atom. The molecule has 0 bridgehead atoms. The maximum absolute atomic E-state index is 12.4. The summed E-state index contributed by atoms with van der Waals surface area (Å²) in [5.74, 6) is -0.134. The fourth-order valence-electron chi connectivity index (χ4n) is 2.82. The van der Waals surface area contributed by atoms with Crippen LogP contribution in [0.1, 0.15) is 22.8 Å². The number of fused-ring (bicyclic) bond motifs is 1. The van der Waals surface area contributed by atoms with E-state index in [0.717, 1.165) is 5.56 Å². The molecule has 0 saturated heterocycles. The van der Waals surface area contributed by atoms with Gasteiger partial charge < -0.3 is 9.88 Å². The van der Waals surface area contributed by atoms with E-state index in [1.165, 1.54) is 9.13 Å². The smallest absolute Gasteiger partial charge is 0.317 e. The van der Waals surface area contributed by atoms with Crippen LogP contribution in [-0.4, -0.2) is 21.6 Å². The van der Waals surface area contributed by atoms with Crippen LogP contribution < -0.4 is 16.4 Å². The second-order valence-electron chi connectivity index (χ2n) is 5.80. The molecule has 0 aliphatic rings. The minimum Gasteiger partial charge on any atom is -0.352 e. The number of para-hydroxylation sites is 2. The van der Waals surface area contributed by atoms with Gasteiger partial charge in [-0.1, -0.05) is 24.3 Å². The Kier molecular flexibility index (Phi) is 4.52. The predicted molar refractivity (Wildman–Crippen MR) is 97.0 cm³/mol. The molecule has 0 fully saturated rings. The Bertz CT molecular complexity index is 1050. The van der Waals surface area contributed by atoms with E-state index in [2.05, 4.69) is 5.32 Å². The summed E-state index contributed by atoms with van der Waals surface area (Å²) in [7, 11) is 1.59. The first-order valence-corrected chi connectivity index (χ1v) is 8.08. The fourth-order valence-corrected chi connectivity index (χ4v) is 2.82. The maximum Gasteiger partial charge on any atom is 0.317 e. The predicted octanol–water partition coefficient (Wildman–Crippen LogP) is 1.50. The second-order valence-corrected chi connectivity index (χ2v) is 5.80. The number of aryl methyl sites for hydroxylation is 1. The number of hydrogen-bond donors (Lipinski definition) is 1. The molecule has 1 heterocycles. The number of amides is 1. The van der Waals surface area contributed by atoms with Crippen LogP contribution in [-0.2, 0) is 13.6 Å². The van der Waals surface area contributed by atoms with Crippen LogP contribution in [0.3, 0.4) is 0 Å². The van der Waals surface area contributed by atoms with Gasteiger partial charge in [-0.25, -0.2) is 0 Å². The van der Waals surface area contributed by atoms with Crippen LogP contribution in [0, 0.1) is 0 Å². The molecule has 0 radical (unpaired) electrons. The van der Waals surface area contributed by atoms with E-state index in [-0.39, 0.29) is 12.5 Å². The summed E-state index contributed by atoms with van der Waals surface area (Å²) in [5.41, 5.74) is 1.68. The number of benzene rings is 2. The van der Waals surface area contributed by atoms with Crippen molar-refractivity contribution in [3.8, 4) is 0 Å². The first-order chi connectivity index (χ1) is 12.0. The average Bonchev–Trinajstić information content (AvgIpc) is 2.64. The zero-order chi connectivity index (χ0) is 18.0. The minimum atomic E-state index is -0.561. The van der Waals surface area contributed by atoms with Gasteiger partial charge >= 0.3 is 11.1 Å². The Morgan fingerprint density at radius 2 is 1.60 bits per heavy atom. The molecule has 2 aromatic carbocycles. The van der Waals surface area contributed by atoms with Crippen molar-refractivity contribution in [2.45, 2.75) is 13.5 Å². The van der Waals surface area contributed by atoms with E-state index in [9.17, 15) is 14.4 Å². The van der Waals surface area contributed by atoms with Crippen LogP contribution in [0.5, 0.6) is 0 Å². The lowest BCUT2D eigenvalue weighted by Gasteiger charge is -2.13. The average molecular weight is 337 g/mol. The Balaban J connectivity index is 2.03. The maximum atomic E-state index is 12.4. The molecule has 1 aromatic heterocycles. The quantitative estimate of drug-likeness (QED) is 0.733. The summed E-state index contributed by atoms with van der Waals surface area (Å²) in [6.45, 7) is 2.69. The second kappa shape index (κ2) is 6.76. The summed E-state index contributed by atoms with van der Waals surface area (Å²) in [6, 6.07) is 14.3. The molecule has 0 aliphatic heterocycles. The summed E-state index contributed by atoms with van der Waals surface area (Å²) in [4.78, 5) is 36.4. The van der Waals surface area contributed by atoms with Crippen molar-refractivity contribution in [2.24, 2.45) is 7.05 Å². The molecule has 3 aromatic rings. The van der Waals surface area contributed by atoms with Crippen LogP contribution in [0.4, 0.5) is 0 Å². The molecule has 0 unspecified atom stereocenters. The molecule has 6 heteroatoms. The third kappa shape index (κ3) is 3.10. The molecule has 1 amide bonds. The fraction of sp³-hybridized carbons (Fsp3) is 0.211. The molecule has 25 heavy (non-hydrogen) atoms. The van der Waals surface area contributed by atoms with Crippen molar-refractivity contribution in [1.82, 2.24) is 14.5 Å². The number of hydrogen-bond acceptors (Lipinski definition) is 3. The van der Waals surface area contributed by atoms with Gasteiger partial charge in [-0.15, -0.1) is 0 Å². The van der Waals surface area contributed by atoms with Gasteiger partial charge in [0, 0.05) is 19.2 Å². The third-order valence-electron chi connectivity index (χ3n) is 4.16. The molecular weight excluding hydrogens is 318 g/mol. The highest BCUT2D eigenvalue weighted by Crippen LogP contribution is 2.12. The van der Waals surface area contributed by atoms with Gasteiger partial charge in [0.2, 0.25) is 0 Å². The molecule has 1 N–H and O–H groups in total. The first kappa shape index (κ1) is 16.7. The Hall–Kier alpha value is -3.15. The van der Waals surface area contributed by atoms with Crippen molar-refractivity contribution in [3.63, 3.8) is 0 Å². The van der Waals surface area contributed by atoms with Gasteiger partial charge in [0.05, 0.1) is 17.6 Å². The summed E-state index contributed by atoms with van der Waals surface area (Å²) >= 11 is 0. The molecule has 0 saturated carbocycles. The lowest BCUT2D eigenvalue weighted by Crippen LogP contribution is -2.40. The molecule has 3 rings (SSSR count). The van der Waals surface area contributed by atoms with Crippen molar-refractivity contribution < 1.29 is 4.79 Å². The molecule has 0 aliphatic carbocycles. The van der Waals surface area contributed by atoms with Gasteiger partial charge in [-0.2, -0.15) is 0 Å². The van der Waals surface area contributed by atoms with Gasteiger partial charge in [0.25, 0.3) is 5.91 Å². The SMILES string of the molecule is CCNC(=O)c1ccc(Cn2c(=O)c(=O)n(C)c3ccccc32)cc1. The third-order valence-corrected chi connectivity index (χ3v) is 4.16. The van der Waals surface area contributed by atoms with Crippen LogP contribution in [0.15, 0.2) is 58.1 Å². The van der Waals surface area contributed by atoms with Gasteiger partial charge in [-0.3, -0.25) is 19.0 Å². The van der Waals surface area contributed by atoms with E-state index in [1.807, 2.05) is 31.2 Å². The number of rotatable bonds is 4. The van der Waals surface area contributed by atoms with E-state index >= 15 is 0 Å². The van der Waals surface area contributed by atoms with Crippen molar-refractivity contribution in [1.29, 1.82) is 0 Å². The zero-order valence-corrected chi connectivity index (χ0v) is 14.2. The molecule has 6 nitrogen and oxygen atoms in total. The van der Waals surface area contributed by atoms with E-state index in [0.29, 0.717) is 23.1 Å². The van der Waals surface area contributed by atoms with Crippen LogP contribution in [0.2, 0.25) is 0 Å². The summed E-state index contributed by atoms with van der Waals surface area (Å²) in [5, 5.41) is 2.74. The van der Waals surface area contributed by atoms with Gasteiger partial charge in [-0.05, 0) is 36.8 Å². The molecular formula is C19H19N3O3. The van der Waals surface area contributed by atoms with E-state index in [1.54, 1.807) is 31.3 Å². The minimum absolute atomic E-state index is 0.134. The van der Waals surface area contributed by atoms with Crippen LogP contribution in [0.25, 0.3) is 11.0 Å². The lowest BCUT2D eigenvalue weighted by molar-refractivity contribution is 0.0956. The normalized spacial score (nSPS) is 10.8. The number of nitrogens with zero attached hydrogens (tertiary/aromatic N) is 2. The first-order valence-electron chi connectivity index (χ1n) is 8.08. The Morgan fingerprint density at radius 3 is 2.24 bits per heavy atom. The number of carbonyl (C=O) groups excluding carboxylic acids is 1.